The van der Waals surface area contributed by atoms with Crippen LogP contribution in [0, 0.1) is 0 Å². The number of rotatable bonds is 2. The number of aromatic nitrogens is 2. The fraction of sp³-hybridized carbons (Fsp3) is 0.0909. The molecule has 1 aromatic carbocycles. The highest BCUT2D eigenvalue weighted by molar-refractivity contribution is 9.10. The summed E-state index contributed by atoms with van der Waals surface area (Å²) in [7, 11) is -0.0193. The molecule has 1 aliphatic rings. The van der Waals surface area contributed by atoms with E-state index >= 15 is 0 Å². The molecule has 0 saturated carbocycles. The van der Waals surface area contributed by atoms with E-state index in [1.807, 2.05) is 12.1 Å². The normalized spacial score (nSPS) is 18.5. The van der Waals surface area contributed by atoms with Gasteiger partial charge in [-0.2, -0.15) is 5.10 Å². The van der Waals surface area contributed by atoms with Gasteiger partial charge in [0.15, 0.2) is 16.0 Å². The van der Waals surface area contributed by atoms with E-state index in [-0.39, 0.29) is 5.91 Å². The maximum atomic E-state index is 11.8. The molecule has 1 aromatic heterocycles. The zero-order chi connectivity index (χ0) is 13.6. The number of nitrogens with one attached hydrogen (secondary N) is 1. The van der Waals surface area contributed by atoms with Gasteiger partial charge in [0.1, 0.15) is 5.75 Å². The molecule has 8 heteroatoms. The largest absolute Gasteiger partial charge is 0.496 e. The van der Waals surface area contributed by atoms with Crippen LogP contribution < -0.4 is 9.46 Å². The van der Waals surface area contributed by atoms with Gasteiger partial charge < -0.3 is 4.74 Å². The van der Waals surface area contributed by atoms with Crippen LogP contribution in [-0.2, 0) is 15.8 Å². The topological polar surface area (TPSA) is 73.2 Å². The summed E-state index contributed by atoms with van der Waals surface area (Å²) in [6, 6.07) is 3.64. The highest BCUT2D eigenvalue weighted by atomic mass is 79.9. The summed E-state index contributed by atoms with van der Waals surface area (Å²) in [6.45, 7) is 0. The fourth-order valence-electron chi connectivity index (χ4n) is 1.88. The van der Waals surface area contributed by atoms with E-state index in [0.717, 1.165) is 9.86 Å². The summed E-state index contributed by atoms with van der Waals surface area (Å²) in [4.78, 5) is 11.2. The average molecular weight is 342 g/mol. The molecule has 1 N–H and O–H groups in total. The van der Waals surface area contributed by atoms with Crippen molar-refractivity contribution in [2.75, 3.05) is 7.11 Å². The van der Waals surface area contributed by atoms with E-state index in [0.29, 0.717) is 16.3 Å². The van der Waals surface area contributed by atoms with Gasteiger partial charge in [-0.1, -0.05) is 15.9 Å². The minimum absolute atomic E-state index is 0.306. The van der Waals surface area contributed by atoms with E-state index in [1.165, 1.54) is 10.8 Å². The summed E-state index contributed by atoms with van der Waals surface area (Å²) >= 11 is 3.38. The number of halogens is 1. The van der Waals surface area contributed by atoms with Crippen LogP contribution >= 0.6 is 15.9 Å². The van der Waals surface area contributed by atoms with E-state index in [9.17, 15) is 9.00 Å². The lowest BCUT2D eigenvalue weighted by atomic mass is 10.2. The van der Waals surface area contributed by atoms with Gasteiger partial charge in [-0.3, -0.25) is 9.52 Å². The molecule has 0 aliphatic carbocycles. The third-order valence-corrected chi connectivity index (χ3v) is 4.20. The number of hydrogen-bond acceptors (Lipinski definition) is 4. The van der Waals surface area contributed by atoms with Crippen molar-refractivity contribution in [1.29, 1.82) is 0 Å². The fourth-order valence-corrected chi connectivity index (χ4v) is 3.17. The lowest BCUT2D eigenvalue weighted by molar-refractivity contribution is -0.114. The molecular weight excluding hydrogens is 334 g/mol. The third kappa shape index (κ3) is 1.96. The lowest BCUT2D eigenvalue weighted by Crippen LogP contribution is -2.17. The van der Waals surface area contributed by atoms with Crippen molar-refractivity contribution < 1.29 is 13.7 Å². The first kappa shape index (κ1) is 12.4. The van der Waals surface area contributed by atoms with Crippen LogP contribution in [0.1, 0.15) is 0 Å². The monoisotopic (exact) mass is 341 g/mol. The van der Waals surface area contributed by atoms with E-state index in [1.54, 1.807) is 13.3 Å². The van der Waals surface area contributed by atoms with Crippen LogP contribution in [0.25, 0.3) is 15.9 Å². The summed E-state index contributed by atoms with van der Waals surface area (Å²) in [5, 5.41) is 5.26. The van der Waals surface area contributed by atoms with Gasteiger partial charge in [-0.05, 0) is 12.1 Å². The van der Waals surface area contributed by atoms with E-state index in [2.05, 4.69) is 25.8 Å². The van der Waals surface area contributed by atoms with Crippen molar-refractivity contribution in [2.45, 2.75) is 0 Å². The third-order valence-electron chi connectivity index (χ3n) is 2.68. The Bertz CT molecular complexity index is 753. The van der Waals surface area contributed by atoms with E-state index in [4.69, 9.17) is 4.74 Å². The second-order valence-electron chi connectivity index (χ2n) is 3.81. The first-order valence-corrected chi connectivity index (χ1v) is 7.20. The Morgan fingerprint density at radius 1 is 1.47 bits per heavy atom. The maximum absolute atomic E-state index is 11.8. The van der Waals surface area contributed by atoms with Crippen molar-refractivity contribution in [2.24, 2.45) is 0 Å². The molecule has 1 amide bonds. The van der Waals surface area contributed by atoms with Crippen LogP contribution in [0.5, 0.6) is 5.75 Å². The highest BCUT2D eigenvalue weighted by Crippen LogP contribution is 2.31. The van der Waals surface area contributed by atoms with Crippen LogP contribution in [0.15, 0.2) is 28.9 Å². The van der Waals surface area contributed by atoms with Gasteiger partial charge in [0.2, 0.25) is 0 Å². The number of hydrogen-bond donors (Lipinski definition) is 1. The molecule has 0 spiro atoms. The van der Waals surface area contributed by atoms with Gasteiger partial charge in [0.25, 0.3) is 5.91 Å². The Morgan fingerprint density at radius 3 is 2.89 bits per heavy atom. The summed E-state index contributed by atoms with van der Waals surface area (Å²) in [5.74, 6) is 0.262. The molecule has 0 fully saturated rings. The van der Waals surface area contributed by atoms with Gasteiger partial charge in [-0.25, -0.2) is 8.89 Å². The van der Waals surface area contributed by atoms with Crippen LogP contribution in [0.3, 0.4) is 0 Å². The molecule has 3 rings (SSSR count). The van der Waals surface area contributed by atoms with Gasteiger partial charge >= 0.3 is 0 Å². The molecule has 98 valence electrons. The molecule has 0 radical (unpaired) electrons. The molecule has 2 aromatic rings. The van der Waals surface area contributed by atoms with Crippen LogP contribution in [0.4, 0.5) is 0 Å². The molecule has 0 saturated heterocycles. The molecule has 1 unspecified atom stereocenters. The standard InChI is InChI=1S/C11H8BrN3O3S/c1-18-9-3-6(12)2-8-7(9)5-13-15(8)11-4-10(16)14-19(11)17/h2-5H,1H3,(H,14,16). The smallest absolute Gasteiger partial charge is 0.258 e. The van der Waals surface area contributed by atoms with Crippen molar-refractivity contribution in [1.82, 2.24) is 14.5 Å². The quantitative estimate of drug-likeness (QED) is 0.895. The van der Waals surface area contributed by atoms with Crippen molar-refractivity contribution in [3.63, 3.8) is 0 Å². The van der Waals surface area contributed by atoms with Crippen molar-refractivity contribution >= 4 is 48.8 Å². The molecule has 6 nitrogen and oxygen atoms in total. The molecule has 19 heavy (non-hydrogen) atoms. The number of fused-ring (bicyclic) bond motifs is 1. The Morgan fingerprint density at radius 2 is 2.26 bits per heavy atom. The first-order valence-electron chi connectivity index (χ1n) is 5.26. The van der Waals surface area contributed by atoms with Crippen LogP contribution in [-0.4, -0.2) is 27.0 Å². The van der Waals surface area contributed by atoms with Crippen molar-refractivity contribution in [3.8, 4) is 5.75 Å². The number of carbonyl (C=O) groups excluding carboxylic acids is 1. The molecular formula is C11H8BrN3O3S. The lowest BCUT2D eigenvalue weighted by Gasteiger charge is -2.05. The summed E-state index contributed by atoms with van der Waals surface area (Å²) in [5.41, 5.74) is 0.710. The predicted octanol–water partition coefficient (Wildman–Crippen LogP) is 1.40. The number of benzene rings is 1. The molecule has 1 atom stereocenters. The van der Waals surface area contributed by atoms with Gasteiger partial charge in [0, 0.05) is 10.5 Å². The SMILES string of the molecule is COc1cc(Br)cc2c1cnn2C1=CC(=O)NS1=O. The predicted molar refractivity (Wildman–Crippen MR) is 74.5 cm³/mol. The van der Waals surface area contributed by atoms with Gasteiger partial charge in [0.05, 0.1) is 24.2 Å². The van der Waals surface area contributed by atoms with Gasteiger partial charge in [-0.15, -0.1) is 0 Å². The number of nitrogens with zero attached hydrogens (tertiary/aromatic N) is 2. The Kier molecular flexibility index (Phi) is 2.90. The summed E-state index contributed by atoms with van der Waals surface area (Å²) in [6.07, 6.45) is 2.89. The maximum Gasteiger partial charge on any atom is 0.258 e. The van der Waals surface area contributed by atoms with Crippen molar-refractivity contribution in [3.05, 3.63) is 28.9 Å². The molecule has 0 bridgehead atoms. The highest BCUT2D eigenvalue weighted by Gasteiger charge is 2.23. The number of carbonyl (C=O) groups is 1. The number of ether oxygens (including phenoxy) is 1. The molecule has 2 heterocycles. The second kappa shape index (κ2) is 4.46. The summed E-state index contributed by atoms with van der Waals surface area (Å²) < 4.78 is 21.6. The number of methoxy groups -OCH3 is 1. The second-order valence-corrected chi connectivity index (χ2v) is 5.89. The Balaban J connectivity index is 2.26. The zero-order valence-corrected chi connectivity index (χ0v) is 12.1. The van der Waals surface area contributed by atoms with Crippen LogP contribution in [0.2, 0.25) is 0 Å². The Hall–Kier alpha value is -1.67. The first-order chi connectivity index (χ1) is 9.10. The minimum atomic E-state index is -1.59. The molecule has 1 aliphatic heterocycles. The average Bonchev–Trinajstić information content (AvgIpc) is 2.91. The Labute approximate surface area is 119 Å². The minimum Gasteiger partial charge on any atom is -0.496 e. The zero-order valence-electron chi connectivity index (χ0n) is 9.71. The van der Waals surface area contributed by atoms with E-state index < -0.39 is 11.0 Å². The number of amides is 1.